The molecule has 0 aromatic rings. The lowest BCUT2D eigenvalue weighted by Crippen LogP contribution is -2.42. The van der Waals surface area contributed by atoms with Gasteiger partial charge in [0.1, 0.15) is 0 Å². The van der Waals surface area contributed by atoms with Crippen LogP contribution < -0.4 is 5.32 Å². The molecular formula is C11H25NO2. The first-order valence-electron chi connectivity index (χ1n) is 5.17. The molecular weight excluding hydrogens is 178 g/mol. The van der Waals surface area contributed by atoms with Gasteiger partial charge in [0.2, 0.25) is 0 Å². The van der Waals surface area contributed by atoms with Gasteiger partial charge in [0.25, 0.3) is 0 Å². The van der Waals surface area contributed by atoms with Gasteiger partial charge in [-0.25, -0.2) is 0 Å². The van der Waals surface area contributed by atoms with E-state index in [1.54, 1.807) is 0 Å². The van der Waals surface area contributed by atoms with Crippen LogP contribution in [0.25, 0.3) is 0 Å². The van der Waals surface area contributed by atoms with Crippen LogP contribution >= 0.6 is 0 Å². The zero-order valence-electron chi connectivity index (χ0n) is 10.3. The highest BCUT2D eigenvalue weighted by Crippen LogP contribution is 2.07. The topological polar surface area (TPSA) is 41.5 Å². The van der Waals surface area contributed by atoms with Crippen LogP contribution in [0.1, 0.15) is 41.5 Å². The summed E-state index contributed by atoms with van der Waals surface area (Å²) in [5, 5.41) is 12.8. The van der Waals surface area contributed by atoms with E-state index < -0.39 is 6.10 Å². The number of aliphatic hydroxyl groups is 1. The summed E-state index contributed by atoms with van der Waals surface area (Å²) in [6, 6.07) is 0. The van der Waals surface area contributed by atoms with Crippen molar-refractivity contribution in [2.24, 2.45) is 0 Å². The molecule has 0 aromatic carbocycles. The number of ether oxygens (including phenoxy) is 1. The smallest absolute Gasteiger partial charge is 0.0898 e. The summed E-state index contributed by atoms with van der Waals surface area (Å²) in [6.07, 6.45) is -0.437. The van der Waals surface area contributed by atoms with E-state index in [1.165, 1.54) is 0 Å². The van der Waals surface area contributed by atoms with Crippen LogP contribution in [-0.2, 0) is 4.74 Å². The Morgan fingerprint density at radius 1 is 1.14 bits per heavy atom. The minimum absolute atomic E-state index is 0.0444. The number of β-amino-alcohol motifs (C(OH)–C–C–N with tert-alkyl or cyclic N) is 1. The Morgan fingerprint density at radius 2 is 1.64 bits per heavy atom. The third kappa shape index (κ3) is 9.96. The normalized spacial score (nSPS) is 15.6. The zero-order chi connectivity index (χ0) is 11.4. The van der Waals surface area contributed by atoms with Crippen molar-refractivity contribution in [1.29, 1.82) is 0 Å². The van der Waals surface area contributed by atoms with Crippen molar-refractivity contribution in [3.63, 3.8) is 0 Å². The maximum Gasteiger partial charge on any atom is 0.0898 e. The summed E-state index contributed by atoms with van der Waals surface area (Å²) >= 11 is 0. The molecule has 2 N–H and O–H groups in total. The predicted octanol–water partition coefficient (Wildman–Crippen LogP) is 1.55. The Hall–Kier alpha value is -0.120. The van der Waals surface area contributed by atoms with Crippen molar-refractivity contribution in [2.75, 3.05) is 13.2 Å². The molecule has 0 aliphatic carbocycles. The van der Waals surface area contributed by atoms with Crippen molar-refractivity contribution >= 4 is 0 Å². The number of nitrogens with one attached hydrogen (secondary N) is 1. The van der Waals surface area contributed by atoms with Crippen molar-refractivity contribution < 1.29 is 9.84 Å². The van der Waals surface area contributed by atoms with Gasteiger partial charge in [-0.2, -0.15) is 0 Å². The second-order valence-electron chi connectivity index (χ2n) is 5.71. The maximum absolute atomic E-state index is 9.59. The molecule has 0 fully saturated rings. The minimum Gasteiger partial charge on any atom is -0.389 e. The highest BCUT2D eigenvalue weighted by Gasteiger charge is 2.15. The van der Waals surface area contributed by atoms with Crippen LogP contribution in [0.2, 0.25) is 0 Å². The third-order valence-electron chi connectivity index (χ3n) is 1.58. The summed E-state index contributed by atoms with van der Waals surface area (Å²) in [6.45, 7) is 13.1. The van der Waals surface area contributed by atoms with E-state index in [-0.39, 0.29) is 11.1 Å². The van der Waals surface area contributed by atoms with Gasteiger partial charge in [-0.1, -0.05) is 0 Å². The largest absolute Gasteiger partial charge is 0.389 e. The van der Waals surface area contributed by atoms with Crippen LogP contribution in [0.5, 0.6) is 0 Å². The second-order valence-corrected chi connectivity index (χ2v) is 5.71. The average molecular weight is 203 g/mol. The third-order valence-corrected chi connectivity index (χ3v) is 1.58. The molecule has 0 radical (unpaired) electrons. The van der Waals surface area contributed by atoms with Gasteiger partial charge >= 0.3 is 0 Å². The first-order valence-corrected chi connectivity index (χ1v) is 5.17. The van der Waals surface area contributed by atoms with E-state index in [4.69, 9.17) is 4.74 Å². The summed E-state index contributed by atoms with van der Waals surface area (Å²) in [5.41, 5.74) is -0.134. The highest BCUT2D eigenvalue weighted by atomic mass is 16.5. The molecule has 3 heteroatoms. The maximum atomic E-state index is 9.59. The number of hydrogen-bond donors (Lipinski definition) is 2. The van der Waals surface area contributed by atoms with E-state index >= 15 is 0 Å². The van der Waals surface area contributed by atoms with Crippen molar-refractivity contribution in [1.82, 2.24) is 5.32 Å². The molecule has 0 amide bonds. The van der Waals surface area contributed by atoms with Crippen molar-refractivity contribution in [3.05, 3.63) is 0 Å². The fraction of sp³-hybridized carbons (Fsp3) is 1.00. The number of aliphatic hydroxyl groups excluding tert-OH is 1. The molecule has 14 heavy (non-hydrogen) atoms. The van der Waals surface area contributed by atoms with E-state index in [0.717, 1.165) is 0 Å². The molecule has 1 atom stereocenters. The van der Waals surface area contributed by atoms with Gasteiger partial charge in [0, 0.05) is 12.1 Å². The van der Waals surface area contributed by atoms with E-state index in [9.17, 15) is 5.11 Å². The van der Waals surface area contributed by atoms with Crippen LogP contribution in [0.3, 0.4) is 0 Å². The van der Waals surface area contributed by atoms with E-state index in [0.29, 0.717) is 13.2 Å². The van der Waals surface area contributed by atoms with Gasteiger partial charge < -0.3 is 15.2 Å². The van der Waals surface area contributed by atoms with Crippen LogP contribution in [-0.4, -0.2) is 35.5 Å². The van der Waals surface area contributed by atoms with Gasteiger partial charge in [0.05, 0.1) is 18.3 Å². The second kappa shape index (κ2) is 5.10. The van der Waals surface area contributed by atoms with E-state index in [2.05, 4.69) is 26.1 Å². The molecule has 0 saturated heterocycles. The summed E-state index contributed by atoms with van der Waals surface area (Å²) in [5.74, 6) is 0. The Balaban J connectivity index is 3.62. The average Bonchev–Trinajstić information content (AvgIpc) is 1.94. The van der Waals surface area contributed by atoms with Crippen molar-refractivity contribution in [3.8, 4) is 0 Å². The molecule has 3 nitrogen and oxygen atoms in total. The summed E-state index contributed by atoms with van der Waals surface area (Å²) in [4.78, 5) is 0. The molecule has 0 spiro atoms. The molecule has 86 valence electrons. The van der Waals surface area contributed by atoms with Gasteiger partial charge in [-0.3, -0.25) is 0 Å². The molecule has 0 unspecified atom stereocenters. The van der Waals surface area contributed by atoms with Crippen LogP contribution in [0, 0.1) is 0 Å². The Morgan fingerprint density at radius 3 is 2.00 bits per heavy atom. The lowest BCUT2D eigenvalue weighted by atomic mass is 10.1. The lowest BCUT2D eigenvalue weighted by molar-refractivity contribution is -0.0489. The Bertz CT molecular complexity index is 138. The quantitative estimate of drug-likeness (QED) is 0.728. The molecule has 0 bridgehead atoms. The first kappa shape index (κ1) is 13.9. The first-order chi connectivity index (χ1) is 6.10. The SMILES string of the molecule is CC(C)(C)NC[C@H](O)COC(C)(C)C. The molecule has 0 saturated carbocycles. The van der Waals surface area contributed by atoms with Crippen molar-refractivity contribution in [2.45, 2.75) is 58.8 Å². The zero-order valence-corrected chi connectivity index (χ0v) is 10.3. The van der Waals surface area contributed by atoms with Gasteiger partial charge in [0.15, 0.2) is 0 Å². The van der Waals surface area contributed by atoms with Gasteiger partial charge in [-0.05, 0) is 41.5 Å². The lowest BCUT2D eigenvalue weighted by Gasteiger charge is -2.25. The Labute approximate surface area is 87.8 Å². The monoisotopic (exact) mass is 203 g/mol. The van der Waals surface area contributed by atoms with Gasteiger partial charge in [-0.15, -0.1) is 0 Å². The molecule has 0 aliphatic rings. The van der Waals surface area contributed by atoms with Crippen LogP contribution in [0.4, 0.5) is 0 Å². The number of hydrogen-bond acceptors (Lipinski definition) is 3. The minimum atomic E-state index is -0.437. The predicted molar refractivity (Wildman–Crippen MR) is 59.5 cm³/mol. The molecule has 0 heterocycles. The Kier molecular flexibility index (Phi) is 5.06. The standard InChI is InChI=1S/C11H25NO2/c1-10(2,3)12-7-9(13)8-14-11(4,5)6/h9,12-13H,7-8H2,1-6H3/t9-/m0/s1. The molecule has 0 aromatic heterocycles. The fourth-order valence-electron chi connectivity index (χ4n) is 0.829. The summed E-state index contributed by atoms with van der Waals surface area (Å²) < 4.78 is 5.47. The van der Waals surface area contributed by atoms with Crippen LogP contribution in [0.15, 0.2) is 0 Å². The number of rotatable bonds is 4. The molecule has 0 rings (SSSR count). The summed E-state index contributed by atoms with van der Waals surface area (Å²) in [7, 11) is 0. The highest BCUT2D eigenvalue weighted by molar-refractivity contribution is 4.73. The molecule has 0 aliphatic heterocycles. The van der Waals surface area contributed by atoms with E-state index in [1.807, 2.05) is 20.8 Å². The fourth-order valence-corrected chi connectivity index (χ4v) is 0.829.